The quantitative estimate of drug-likeness (QED) is 0.130. The Morgan fingerprint density at radius 3 is 2.03 bits per heavy atom. The van der Waals surface area contributed by atoms with Gasteiger partial charge in [0.05, 0.1) is 6.42 Å². The van der Waals surface area contributed by atoms with Crippen LogP contribution in [0.4, 0.5) is 4.79 Å². The lowest BCUT2D eigenvalue weighted by molar-refractivity contribution is -0.144. The molecule has 17 nitrogen and oxygen atoms in total. The SMILES string of the molecule is CCC(C)C(NC(=O)NC1CCCCNC(=O)C(Cc2ccccc2)NC(=O)C(CC(N)=O)N(C)C(=O)C(CCCc2ccccc2)NC(=O)C(C(C)CC)NC1=O)C(=O)O. The number of primary amides is 1. The topological polar surface area (TPSA) is 258 Å². The van der Waals surface area contributed by atoms with Crippen LogP contribution in [-0.4, -0.2) is 107 Å². The van der Waals surface area contributed by atoms with Crippen LogP contribution >= 0.6 is 0 Å². The summed E-state index contributed by atoms with van der Waals surface area (Å²) in [5.41, 5.74) is 7.32. The number of nitrogens with two attached hydrogens (primary N) is 1. The number of carboxylic acids is 1. The van der Waals surface area contributed by atoms with E-state index in [1.54, 1.807) is 51.1 Å². The van der Waals surface area contributed by atoms with Crippen molar-refractivity contribution in [1.29, 1.82) is 0 Å². The molecule has 2 aromatic rings. The van der Waals surface area contributed by atoms with Gasteiger partial charge in [-0.05, 0) is 61.5 Å². The number of urea groups is 1. The fraction of sp³-hybridized carbons (Fsp3) is 0.545. The van der Waals surface area contributed by atoms with E-state index in [0.29, 0.717) is 38.5 Å². The molecule has 0 aliphatic carbocycles. The van der Waals surface area contributed by atoms with Gasteiger partial charge in [0, 0.05) is 20.0 Å². The van der Waals surface area contributed by atoms with Crippen LogP contribution in [0.2, 0.25) is 0 Å². The molecule has 0 radical (unpaired) electrons. The average molecular weight is 849 g/mol. The maximum atomic E-state index is 14.5. The summed E-state index contributed by atoms with van der Waals surface area (Å²) in [5, 5.41) is 26.0. The van der Waals surface area contributed by atoms with Gasteiger partial charge in [-0.15, -0.1) is 0 Å². The van der Waals surface area contributed by atoms with Crippen LogP contribution in [0.1, 0.15) is 90.2 Å². The van der Waals surface area contributed by atoms with E-state index < -0.39 is 102 Å². The summed E-state index contributed by atoms with van der Waals surface area (Å²) in [6.45, 7) is 7.15. The molecule has 61 heavy (non-hydrogen) atoms. The maximum absolute atomic E-state index is 14.5. The van der Waals surface area contributed by atoms with Crippen LogP contribution in [0.25, 0.3) is 0 Å². The molecule has 2 aromatic carbocycles. The van der Waals surface area contributed by atoms with Crippen molar-refractivity contribution in [2.24, 2.45) is 17.6 Å². The third-order valence-electron chi connectivity index (χ3n) is 11.2. The number of carbonyl (C=O) groups excluding carboxylic acids is 7. The fourth-order valence-electron chi connectivity index (χ4n) is 7.05. The Bertz CT molecular complexity index is 1800. The third kappa shape index (κ3) is 15.8. The minimum atomic E-state index is -1.45. The van der Waals surface area contributed by atoms with Crippen molar-refractivity contribution in [1.82, 2.24) is 36.8 Å². The van der Waals surface area contributed by atoms with E-state index >= 15 is 0 Å². The van der Waals surface area contributed by atoms with Crippen molar-refractivity contribution in [3.63, 3.8) is 0 Å². The summed E-state index contributed by atoms with van der Waals surface area (Å²) in [4.78, 5) is 109. The summed E-state index contributed by atoms with van der Waals surface area (Å²) >= 11 is 0. The molecule has 334 valence electrons. The highest BCUT2D eigenvalue weighted by atomic mass is 16.4. The molecule has 0 saturated carbocycles. The van der Waals surface area contributed by atoms with Crippen LogP contribution in [0.3, 0.4) is 0 Å². The van der Waals surface area contributed by atoms with Crippen molar-refractivity contribution >= 4 is 47.4 Å². The monoisotopic (exact) mass is 848 g/mol. The van der Waals surface area contributed by atoms with Gasteiger partial charge >= 0.3 is 12.0 Å². The van der Waals surface area contributed by atoms with Gasteiger partial charge < -0.3 is 47.6 Å². The Morgan fingerprint density at radius 2 is 1.44 bits per heavy atom. The first-order chi connectivity index (χ1) is 29.1. The predicted molar refractivity (Wildman–Crippen MR) is 228 cm³/mol. The molecule has 1 aliphatic rings. The van der Waals surface area contributed by atoms with Crippen molar-refractivity contribution in [2.45, 2.75) is 128 Å². The number of nitrogens with one attached hydrogen (secondary N) is 6. The van der Waals surface area contributed by atoms with Crippen LogP contribution in [0.5, 0.6) is 0 Å². The third-order valence-corrected chi connectivity index (χ3v) is 11.2. The molecule has 8 unspecified atom stereocenters. The lowest BCUT2D eigenvalue weighted by atomic mass is 9.96. The first-order valence-corrected chi connectivity index (χ1v) is 21.2. The molecule has 0 aromatic heterocycles. The van der Waals surface area contributed by atoms with Crippen LogP contribution < -0.4 is 37.6 Å². The standard InChI is InChI=1S/C44H64N8O9/c1-6-27(3)36-41(57)47-32(23-16-21-29-17-10-8-11-18-29)42(58)52(5)34(26-35(45)53)40(56)48-33(25-30-19-12-9-13-20-30)38(54)46-24-15-14-22-31(39(55)50-36)49-44(61)51-37(43(59)60)28(4)7-2/h8-13,17-20,27-28,31-34,36-37H,6-7,14-16,21-26H2,1-5H3,(H2,45,53)(H,46,54)(H,47,57)(H,48,56)(H,50,55)(H,59,60)(H2,49,51,61). The first-order valence-electron chi connectivity index (χ1n) is 21.2. The number of carboxylic acid groups (broad SMARTS) is 1. The van der Waals surface area contributed by atoms with E-state index in [0.717, 1.165) is 16.0 Å². The Balaban J connectivity index is 2.06. The van der Waals surface area contributed by atoms with Gasteiger partial charge in [-0.25, -0.2) is 9.59 Å². The molecule has 8 atom stereocenters. The number of amides is 8. The second-order valence-electron chi connectivity index (χ2n) is 15.9. The minimum absolute atomic E-state index is 0.0510. The summed E-state index contributed by atoms with van der Waals surface area (Å²) < 4.78 is 0. The molecule has 1 aliphatic heterocycles. The van der Waals surface area contributed by atoms with E-state index in [1.807, 2.05) is 37.3 Å². The summed E-state index contributed by atoms with van der Waals surface area (Å²) in [6, 6.07) is 10.1. The summed E-state index contributed by atoms with van der Waals surface area (Å²) in [7, 11) is 1.33. The van der Waals surface area contributed by atoms with Gasteiger partial charge in [-0.3, -0.25) is 28.8 Å². The van der Waals surface area contributed by atoms with Crippen molar-refractivity contribution in [3.05, 3.63) is 71.8 Å². The number of nitrogens with zero attached hydrogens (tertiary/aromatic N) is 1. The molecule has 8 amide bonds. The smallest absolute Gasteiger partial charge is 0.326 e. The fourth-order valence-corrected chi connectivity index (χ4v) is 7.05. The van der Waals surface area contributed by atoms with Crippen molar-refractivity contribution in [3.8, 4) is 0 Å². The predicted octanol–water partition coefficient (Wildman–Crippen LogP) is 1.92. The molecule has 3 rings (SSSR count). The van der Waals surface area contributed by atoms with Crippen LogP contribution in [0.15, 0.2) is 60.7 Å². The van der Waals surface area contributed by atoms with Crippen LogP contribution in [0, 0.1) is 11.8 Å². The highest BCUT2D eigenvalue weighted by molar-refractivity contribution is 5.98. The number of rotatable bonds is 15. The molecule has 1 heterocycles. The number of hydrogen-bond acceptors (Lipinski definition) is 8. The van der Waals surface area contributed by atoms with Crippen LogP contribution in [-0.2, 0) is 46.4 Å². The maximum Gasteiger partial charge on any atom is 0.326 e. The van der Waals surface area contributed by atoms with E-state index in [4.69, 9.17) is 5.73 Å². The molecular formula is C44H64N8O9. The van der Waals surface area contributed by atoms with E-state index in [-0.39, 0.29) is 25.8 Å². The Hall–Kier alpha value is -6.00. The number of carbonyl (C=O) groups is 8. The van der Waals surface area contributed by atoms with Crippen molar-refractivity contribution in [2.75, 3.05) is 13.6 Å². The highest BCUT2D eigenvalue weighted by Crippen LogP contribution is 2.16. The average Bonchev–Trinajstić information content (AvgIpc) is 3.24. The second kappa shape index (κ2) is 24.9. The zero-order chi connectivity index (χ0) is 45.1. The van der Waals surface area contributed by atoms with Gasteiger partial charge in [0.1, 0.15) is 36.3 Å². The Kier molecular flexibility index (Phi) is 20.2. The van der Waals surface area contributed by atoms with Gasteiger partial charge in [0.2, 0.25) is 35.4 Å². The molecule has 0 bridgehead atoms. The lowest BCUT2D eigenvalue weighted by Crippen LogP contribution is -2.61. The van der Waals surface area contributed by atoms with Gasteiger partial charge in [-0.2, -0.15) is 0 Å². The first kappa shape index (κ1) is 49.4. The largest absolute Gasteiger partial charge is 0.480 e. The minimum Gasteiger partial charge on any atom is -0.480 e. The Morgan fingerprint density at radius 1 is 0.820 bits per heavy atom. The number of hydrogen-bond donors (Lipinski definition) is 8. The number of benzene rings is 2. The number of aliphatic carboxylic acids is 1. The molecule has 1 saturated heterocycles. The molecular weight excluding hydrogens is 785 g/mol. The van der Waals surface area contributed by atoms with Gasteiger partial charge in [0.15, 0.2) is 0 Å². The van der Waals surface area contributed by atoms with Gasteiger partial charge in [0.25, 0.3) is 0 Å². The number of likely N-dealkylation sites (N-methyl/N-ethyl adjacent to an activating group) is 1. The summed E-state index contributed by atoms with van der Waals surface area (Å²) in [5.74, 6) is -6.43. The van der Waals surface area contributed by atoms with E-state index in [2.05, 4.69) is 31.9 Å². The Labute approximate surface area is 358 Å². The second-order valence-corrected chi connectivity index (χ2v) is 15.9. The zero-order valence-corrected chi connectivity index (χ0v) is 35.9. The molecule has 1 fully saturated rings. The number of aryl methyl sites for hydroxylation is 1. The zero-order valence-electron chi connectivity index (χ0n) is 35.9. The van der Waals surface area contributed by atoms with Gasteiger partial charge in [-0.1, -0.05) is 101 Å². The van der Waals surface area contributed by atoms with E-state index in [9.17, 15) is 43.5 Å². The summed E-state index contributed by atoms with van der Waals surface area (Å²) in [6.07, 6.45) is 2.16. The van der Waals surface area contributed by atoms with E-state index in [1.165, 1.54) is 7.05 Å². The normalized spacial score (nSPS) is 22.7. The molecule has 9 N–H and O–H groups in total. The lowest BCUT2D eigenvalue weighted by Gasteiger charge is -2.33. The highest BCUT2D eigenvalue weighted by Gasteiger charge is 2.37. The molecule has 0 spiro atoms. The molecule has 17 heteroatoms. The van der Waals surface area contributed by atoms with Crippen molar-refractivity contribution < 1.29 is 43.5 Å².